The molecule has 16 heavy (non-hydrogen) atoms. The third kappa shape index (κ3) is 2.11. The summed E-state index contributed by atoms with van der Waals surface area (Å²) in [6.07, 6.45) is 1.77. The third-order valence-electron chi connectivity index (χ3n) is 2.79. The molecule has 0 fully saturated rings. The summed E-state index contributed by atoms with van der Waals surface area (Å²) in [4.78, 5) is 0. The van der Waals surface area contributed by atoms with Gasteiger partial charge in [-0.2, -0.15) is 0 Å². The average molecular weight is 234 g/mol. The molecule has 0 aliphatic carbocycles. The number of fused-ring (bicyclic) bond motifs is 1. The lowest BCUT2D eigenvalue weighted by molar-refractivity contribution is 0.925. The van der Waals surface area contributed by atoms with E-state index in [1.165, 1.54) is 16.3 Å². The zero-order chi connectivity index (χ0) is 10.8. The molecule has 84 valence electrons. The second-order valence-corrected chi connectivity index (χ2v) is 3.78. The van der Waals surface area contributed by atoms with Crippen molar-refractivity contribution in [2.24, 2.45) is 5.73 Å². The first-order chi connectivity index (χ1) is 7.24. The van der Waals surface area contributed by atoms with Gasteiger partial charge in [-0.25, -0.2) is 0 Å². The van der Waals surface area contributed by atoms with E-state index in [1.54, 1.807) is 6.08 Å². The summed E-state index contributed by atoms with van der Waals surface area (Å²) in [6, 6.07) is 12.4. The number of benzene rings is 2. The lowest BCUT2D eigenvalue weighted by Crippen LogP contribution is -2.07. The largest absolute Gasteiger partial charge is 0.321 e. The van der Waals surface area contributed by atoms with Gasteiger partial charge in [-0.3, -0.25) is 0 Å². The normalized spacial score (nSPS) is 11.9. The first kappa shape index (κ1) is 12.8. The van der Waals surface area contributed by atoms with Crippen molar-refractivity contribution in [3.63, 3.8) is 0 Å². The summed E-state index contributed by atoms with van der Waals surface area (Å²) in [7, 11) is 0. The van der Waals surface area contributed by atoms with Crippen LogP contribution in [0, 0.1) is 6.92 Å². The number of hydrogen-bond donors (Lipinski definition) is 1. The van der Waals surface area contributed by atoms with Crippen molar-refractivity contribution in [3.8, 4) is 0 Å². The molecule has 0 saturated carbocycles. The van der Waals surface area contributed by atoms with Crippen LogP contribution in [0.25, 0.3) is 10.8 Å². The van der Waals surface area contributed by atoms with Crippen molar-refractivity contribution in [1.29, 1.82) is 0 Å². The Hall–Kier alpha value is -1.31. The number of hydrogen-bond acceptors (Lipinski definition) is 1. The van der Waals surface area contributed by atoms with Gasteiger partial charge in [-0.15, -0.1) is 19.0 Å². The molecule has 2 aromatic carbocycles. The van der Waals surface area contributed by atoms with Gasteiger partial charge in [0.05, 0.1) is 0 Å². The molecule has 2 rings (SSSR count). The molecule has 2 N–H and O–H groups in total. The van der Waals surface area contributed by atoms with Crippen LogP contribution in [0.5, 0.6) is 0 Å². The van der Waals surface area contributed by atoms with Crippen LogP contribution in [-0.4, -0.2) is 0 Å². The zero-order valence-corrected chi connectivity index (χ0v) is 10.1. The van der Waals surface area contributed by atoms with Crippen LogP contribution in [0.15, 0.2) is 49.1 Å². The summed E-state index contributed by atoms with van der Waals surface area (Å²) in [5.41, 5.74) is 8.42. The average Bonchev–Trinajstić information content (AvgIpc) is 2.29. The quantitative estimate of drug-likeness (QED) is 0.786. The molecule has 1 nitrogen and oxygen atoms in total. The van der Waals surface area contributed by atoms with Crippen LogP contribution in [-0.2, 0) is 0 Å². The smallest absolute Gasteiger partial charge is 0.0484 e. The van der Waals surface area contributed by atoms with E-state index in [0.717, 1.165) is 5.56 Å². The summed E-state index contributed by atoms with van der Waals surface area (Å²) in [5, 5.41) is 2.50. The minimum atomic E-state index is -0.0875. The standard InChI is InChI=1S/C14H15N.ClH/c1-3-14(15)13-9-8-10(2)11-6-4-5-7-12(11)13;/h3-9,14H,1,15H2,2H3;1H/t14-;/m1./s1. The van der Waals surface area contributed by atoms with Crippen LogP contribution in [0.1, 0.15) is 17.2 Å². The summed E-state index contributed by atoms with van der Waals surface area (Å²) in [6.45, 7) is 5.86. The molecule has 0 aromatic heterocycles. The van der Waals surface area contributed by atoms with Crippen molar-refractivity contribution < 1.29 is 0 Å². The second kappa shape index (κ2) is 5.15. The van der Waals surface area contributed by atoms with Gasteiger partial charge >= 0.3 is 0 Å². The minimum absolute atomic E-state index is 0. The lowest BCUT2D eigenvalue weighted by Gasteiger charge is -2.12. The van der Waals surface area contributed by atoms with E-state index < -0.39 is 0 Å². The SMILES string of the molecule is C=C[C@@H](N)c1ccc(C)c2ccccc12.Cl. The Morgan fingerprint density at radius 3 is 2.38 bits per heavy atom. The zero-order valence-electron chi connectivity index (χ0n) is 9.31. The molecule has 0 unspecified atom stereocenters. The van der Waals surface area contributed by atoms with Gasteiger partial charge in [0, 0.05) is 6.04 Å². The number of aryl methyl sites for hydroxylation is 1. The molecule has 1 atom stereocenters. The van der Waals surface area contributed by atoms with Gasteiger partial charge in [-0.05, 0) is 28.8 Å². The van der Waals surface area contributed by atoms with E-state index in [0.29, 0.717) is 0 Å². The molecule has 0 amide bonds. The fourth-order valence-corrected chi connectivity index (χ4v) is 1.89. The molecule has 0 bridgehead atoms. The molecule has 2 aromatic rings. The Balaban J connectivity index is 0.00000128. The van der Waals surface area contributed by atoms with E-state index in [9.17, 15) is 0 Å². The predicted octanol–water partition coefficient (Wildman–Crippen LogP) is 3.76. The Morgan fingerprint density at radius 1 is 1.12 bits per heavy atom. The van der Waals surface area contributed by atoms with Gasteiger partial charge in [0.25, 0.3) is 0 Å². The maximum atomic E-state index is 5.99. The van der Waals surface area contributed by atoms with Gasteiger partial charge < -0.3 is 5.73 Å². The van der Waals surface area contributed by atoms with Crippen molar-refractivity contribution >= 4 is 23.2 Å². The minimum Gasteiger partial charge on any atom is -0.321 e. The maximum Gasteiger partial charge on any atom is 0.0484 e. The Labute approximate surface area is 102 Å². The predicted molar refractivity (Wildman–Crippen MR) is 73.1 cm³/mol. The van der Waals surface area contributed by atoms with E-state index in [4.69, 9.17) is 5.73 Å². The van der Waals surface area contributed by atoms with Gasteiger partial charge in [-0.1, -0.05) is 42.5 Å². The van der Waals surface area contributed by atoms with Gasteiger partial charge in [0.15, 0.2) is 0 Å². The molecule has 0 aliphatic heterocycles. The molecule has 0 radical (unpaired) electrons. The molecule has 0 heterocycles. The van der Waals surface area contributed by atoms with Crippen molar-refractivity contribution in [2.45, 2.75) is 13.0 Å². The summed E-state index contributed by atoms with van der Waals surface area (Å²) < 4.78 is 0. The Bertz CT molecular complexity index is 505. The van der Waals surface area contributed by atoms with Crippen LogP contribution in [0.4, 0.5) is 0 Å². The molecule has 0 spiro atoms. The highest BCUT2D eigenvalue weighted by Gasteiger charge is 2.07. The number of halogens is 1. The fraction of sp³-hybridized carbons (Fsp3) is 0.143. The first-order valence-electron chi connectivity index (χ1n) is 5.10. The highest BCUT2D eigenvalue weighted by Crippen LogP contribution is 2.26. The molecular weight excluding hydrogens is 218 g/mol. The van der Waals surface area contributed by atoms with Crippen LogP contribution in [0.2, 0.25) is 0 Å². The molecule has 0 aliphatic rings. The third-order valence-corrected chi connectivity index (χ3v) is 2.79. The van der Waals surface area contributed by atoms with Gasteiger partial charge in [0.2, 0.25) is 0 Å². The molecular formula is C14H16ClN. The molecule has 2 heteroatoms. The summed E-state index contributed by atoms with van der Waals surface area (Å²) >= 11 is 0. The highest BCUT2D eigenvalue weighted by atomic mass is 35.5. The topological polar surface area (TPSA) is 26.0 Å². The number of rotatable bonds is 2. The van der Waals surface area contributed by atoms with Crippen molar-refractivity contribution in [2.75, 3.05) is 0 Å². The van der Waals surface area contributed by atoms with E-state index in [2.05, 4.69) is 43.8 Å². The van der Waals surface area contributed by atoms with E-state index >= 15 is 0 Å². The van der Waals surface area contributed by atoms with Crippen molar-refractivity contribution in [3.05, 3.63) is 60.2 Å². The first-order valence-corrected chi connectivity index (χ1v) is 5.10. The van der Waals surface area contributed by atoms with Crippen molar-refractivity contribution in [1.82, 2.24) is 0 Å². The van der Waals surface area contributed by atoms with E-state index in [1.807, 2.05) is 6.07 Å². The molecule has 0 saturated heterocycles. The van der Waals surface area contributed by atoms with Crippen LogP contribution < -0.4 is 5.73 Å². The van der Waals surface area contributed by atoms with Gasteiger partial charge in [0.1, 0.15) is 0 Å². The van der Waals surface area contributed by atoms with Crippen LogP contribution in [0.3, 0.4) is 0 Å². The summed E-state index contributed by atoms with van der Waals surface area (Å²) in [5.74, 6) is 0. The van der Waals surface area contributed by atoms with E-state index in [-0.39, 0.29) is 18.4 Å². The Morgan fingerprint density at radius 2 is 1.75 bits per heavy atom. The highest BCUT2D eigenvalue weighted by molar-refractivity contribution is 5.89. The number of nitrogens with two attached hydrogens (primary N) is 1. The Kier molecular flexibility index (Phi) is 4.11. The second-order valence-electron chi connectivity index (χ2n) is 3.78. The van der Waals surface area contributed by atoms with Crippen LogP contribution >= 0.6 is 12.4 Å². The lowest BCUT2D eigenvalue weighted by atomic mass is 9.96. The maximum absolute atomic E-state index is 5.99. The fourth-order valence-electron chi connectivity index (χ4n) is 1.89. The monoisotopic (exact) mass is 233 g/mol.